The minimum absolute atomic E-state index is 0.0533. The van der Waals surface area contributed by atoms with Crippen LogP contribution in [0, 0.1) is 10.1 Å². The second-order valence-corrected chi connectivity index (χ2v) is 9.17. The molecule has 0 fully saturated rings. The largest absolute Gasteiger partial charge is 0.490 e. The number of rotatable bonds is 12. The molecule has 0 N–H and O–H groups in total. The highest BCUT2D eigenvalue weighted by Crippen LogP contribution is 2.34. The zero-order chi connectivity index (χ0) is 26.1. The van der Waals surface area contributed by atoms with E-state index in [0.717, 1.165) is 6.26 Å². The maximum absolute atomic E-state index is 12.6. The number of ether oxygens (including phenoxy) is 3. The Labute approximate surface area is 208 Å². The summed E-state index contributed by atoms with van der Waals surface area (Å²) >= 11 is 0. The minimum Gasteiger partial charge on any atom is -0.490 e. The van der Waals surface area contributed by atoms with Gasteiger partial charge in [0, 0.05) is 12.1 Å². The Morgan fingerprint density at radius 2 is 1.56 bits per heavy atom. The van der Waals surface area contributed by atoms with E-state index in [9.17, 15) is 23.3 Å². The third-order valence-corrected chi connectivity index (χ3v) is 5.46. The summed E-state index contributed by atoms with van der Waals surface area (Å²) in [5, 5.41) is 10.8. The Kier molecular flexibility index (Phi) is 8.98. The highest BCUT2D eigenvalue weighted by atomic mass is 32.2. The standard InChI is InChI=1S/C25H25NO9S/c1-3-32-21-11-7-8-12-22(21)34-24(18-9-5-4-6-10-18)23(35-36(2,30)31)17-33-25(27)19-13-15-20(16-14-19)26(28)29/h4-16,23-24H,3,17H2,1-2H3/t23-,24+/m0/s1. The van der Waals surface area contributed by atoms with Crippen molar-refractivity contribution in [1.82, 2.24) is 0 Å². The Morgan fingerprint density at radius 1 is 0.944 bits per heavy atom. The zero-order valence-electron chi connectivity index (χ0n) is 19.6. The van der Waals surface area contributed by atoms with E-state index in [-0.39, 0.29) is 11.3 Å². The molecule has 0 amide bonds. The van der Waals surface area contributed by atoms with Gasteiger partial charge in [0.15, 0.2) is 23.7 Å². The van der Waals surface area contributed by atoms with Gasteiger partial charge in [0.2, 0.25) is 0 Å². The first-order valence-electron chi connectivity index (χ1n) is 10.9. The smallest absolute Gasteiger partial charge is 0.338 e. The lowest BCUT2D eigenvalue weighted by molar-refractivity contribution is -0.384. The lowest BCUT2D eigenvalue weighted by Crippen LogP contribution is -2.34. The van der Waals surface area contributed by atoms with Crippen molar-refractivity contribution in [3.8, 4) is 11.5 Å². The van der Waals surface area contributed by atoms with Crippen LogP contribution in [-0.4, -0.2) is 44.9 Å². The second-order valence-electron chi connectivity index (χ2n) is 7.57. The molecule has 10 nitrogen and oxygen atoms in total. The Bertz CT molecular complexity index is 1280. The molecule has 0 bridgehead atoms. The molecule has 11 heteroatoms. The highest BCUT2D eigenvalue weighted by molar-refractivity contribution is 7.86. The predicted octanol–water partition coefficient (Wildman–Crippen LogP) is 4.32. The highest BCUT2D eigenvalue weighted by Gasteiger charge is 2.32. The normalized spacial score (nSPS) is 12.8. The quantitative estimate of drug-likeness (QED) is 0.150. The second kappa shape index (κ2) is 12.1. The average molecular weight is 516 g/mol. The lowest BCUT2D eigenvalue weighted by atomic mass is 10.0. The number of nitro groups is 1. The number of carbonyl (C=O) groups is 1. The fraction of sp³-hybridized carbons (Fsp3) is 0.240. The summed E-state index contributed by atoms with van der Waals surface area (Å²) in [6, 6.07) is 20.5. The summed E-state index contributed by atoms with van der Waals surface area (Å²) < 4.78 is 46.7. The van der Waals surface area contributed by atoms with Gasteiger partial charge < -0.3 is 14.2 Å². The van der Waals surface area contributed by atoms with Crippen LogP contribution in [0.25, 0.3) is 0 Å². The van der Waals surface area contributed by atoms with Gasteiger partial charge >= 0.3 is 5.97 Å². The van der Waals surface area contributed by atoms with E-state index in [1.54, 1.807) is 54.6 Å². The molecule has 3 aromatic carbocycles. The molecule has 0 spiro atoms. The summed E-state index contributed by atoms with van der Waals surface area (Å²) in [4.78, 5) is 22.9. The zero-order valence-corrected chi connectivity index (χ0v) is 20.4. The van der Waals surface area contributed by atoms with Crippen molar-refractivity contribution in [2.45, 2.75) is 19.1 Å². The molecule has 190 valence electrons. The molecule has 0 aliphatic carbocycles. The number of non-ortho nitro benzene ring substituents is 1. The van der Waals surface area contributed by atoms with E-state index in [4.69, 9.17) is 18.4 Å². The first-order valence-corrected chi connectivity index (χ1v) is 12.7. The summed E-state index contributed by atoms with van der Waals surface area (Å²) in [5.74, 6) is -0.0209. The van der Waals surface area contributed by atoms with Gasteiger partial charge in [0.05, 0.1) is 23.3 Å². The molecule has 0 unspecified atom stereocenters. The van der Waals surface area contributed by atoms with E-state index in [0.29, 0.717) is 23.7 Å². The van der Waals surface area contributed by atoms with Crippen LogP contribution in [-0.2, 0) is 19.0 Å². The summed E-state index contributed by atoms with van der Waals surface area (Å²) in [7, 11) is -3.99. The van der Waals surface area contributed by atoms with Gasteiger partial charge in [-0.2, -0.15) is 8.42 Å². The fourth-order valence-electron chi connectivity index (χ4n) is 3.31. The number of carbonyl (C=O) groups excluding carboxylic acids is 1. The molecule has 0 radical (unpaired) electrons. The molecule has 0 aromatic heterocycles. The van der Waals surface area contributed by atoms with Gasteiger partial charge in [-0.3, -0.25) is 14.3 Å². The van der Waals surface area contributed by atoms with E-state index in [1.165, 1.54) is 24.3 Å². The van der Waals surface area contributed by atoms with Crippen molar-refractivity contribution in [1.29, 1.82) is 0 Å². The number of nitrogens with zero attached hydrogens (tertiary/aromatic N) is 1. The van der Waals surface area contributed by atoms with Crippen molar-refractivity contribution in [2.75, 3.05) is 19.5 Å². The average Bonchev–Trinajstić information content (AvgIpc) is 2.86. The van der Waals surface area contributed by atoms with Gasteiger partial charge in [-0.1, -0.05) is 42.5 Å². The van der Waals surface area contributed by atoms with Crippen LogP contribution in [0.5, 0.6) is 11.5 Å². The third-order valence-electron chi connectivity index (χ3n) is 4.86. The van der Waals surface area contributed by atoms with Gasteiger partial charge in [-0.25, -0.2) is 4.79 Å². The molecular formula is C25H25NO9S. The van der Waals surface area contributed by atoms with E-state index in [2.05, 4.69) is 0 Å². The maximum atomic E-state index is 12.6. The topological polar surface area (TPSA) is 131 Å². The lowest BCUT2D eigenvalue weighted by Gasteiger charge is -2.28. The van der Waals surface area contributed by atoms with Gasteiger partial charge in [0.1, 0.15) is 6.61 Å². The molecule has 0 aliphatic heterocycles. The van der Waals surface area contributed by atoms with Crippen molar-refractivity contribution in [3.05, 3.63) is 100 Å². The molecule has 3 rings (SSSR count). The molecule has 0 saturated carbocycles. The van der Waals surface area contributed by atoms with E-state index < -0.39 is 39.8 Å². The van der Waals surface area contributed by atoms with Crippen LogP contribution in [0.4, 0.5) is 5.69 Å². The first-order chi connectivity index (χ1) is 17.2. The molecule has 0 heterocycles. The molecule has 2 atom stereocenters. The van der Waals surface area contributed by atoms with Gasteiger partial charge in [-0.05, 0) is 36.8 Å². The summed E-state index contributed by atoms with van der Waals surface area (Å²) in [6.45, 7) is 1.71. The Balaban J connectivity index is 1.90. The van der Waals surface area contributed by atoms with E-state index >= 15 is 0 Å². The van der Waals surface area contributed by atoms with Gasteiger partial charge in [0.25, 0.3) is 15.8 Å². The molecule has 36 heavy (non-hydrogen) atoms. The predicted molar refractivity (Wildman–Crippen MR) is 131 cm³/mol. The monoisotopic (exact) mass is 515 g/mol. The minimum atomic E-state index is -3.99. The molecular weight excluding hydrogens is 490 g/mol. The van der Waals surface area contributed by atoms with Crippen molar-refractivity contribution in [2.24, 2.45) is 0 Å². The Morgan fingerprint density at radius 3 is 2.14 bits per heavy atom. The molecule has 3 aromatic rings. The van der Waals surface area contributed by atoms with Crippen LogP contribution in [0.2, 0.25) is 0 Å². The van der Waals surface area contributed by atoms with Gasteiger partial charge in [-0.15, -0.1) is 0 Å². The first kappa shape index (κ1) is 26.6. The summed E-state index contributed by atoms with van der Waals surface area (Å²) in [6.07, 6.45) is -1.39. The summed E-state index contributed by atoms with van der Waals surface area (Å²) in [5.41, 5.74) is 0.441. The van der Waals surface area contributed by atoms with Crippen molar-refractivity contribution >= 4 is 21.8 Å². The number of benzene rings is 3. The van der Waals surface area contributed by atoms with Crippen LogP contribution in [0.1, 0.15) is 28.9 Å². The van der Waals surface area contributed by atoms with Crippen molar-refractivity contribution in [3.63, 3.8) is 0 Å². The van der Waals surface area contributed by atoms with E-state index in [1.807, 2.05) is 6.92 Å². The number of hydrogen-bond acceptors (Lipinski definition) is 9. The maximum Gasteiger partial charge on any atom is 0.338 e. The van der Waals surface area contributed by atoms with Crippen LogP contribution >= 0.6 is 0 Å². The number of nitro benzene ring substituents is 1. The number of hydrogen-bond donors (Lipinski definition) is 0. The SMILES string of the molecule is CCOc1ccccc1O[C@H](c1ccccc1)[C@H](COC(=O)c1ccc([N+](=O)[O-])cc1)OS(C)(=O)=O. The van der Waals surface area contributed by atoms with Crippen LogP contribution in [0.3, 0.4) is 0 Å². The van der Waals surface area contributed by atoms with Crippen LogP contribution in [0.15, 0.2) is 78.9 Å². The number of esters is 1. The number of para-hydroxylation sites is 2. The molecule has 0 saturated heterocycles. The Hall–Kier alpha value is -3.96. The van der Waals surface area contributed by atoms with Crippen LogP contribution < -0.4 is 9.47 Å². The van der Waals surface area contributed by atoms with Crippen molar-refractivity contribution < 1.29 is 36.5 Å². The fourth-order valence-corrected chi connectivity index (χ4v) is 3.92. The third kappa shape index (κ3) is 7.52. The molecule has 0 aliphatic rings.